The van der Waals surface area contributed by atoms with Crippen LogP contribution in [0.3, 0.4) is 0 Å². The van der Waals surface area contributed by atoms with E-state index in [0.717, 1.165) is 38.3 Å². The van der Waals surface area contributed by atoms with Gasteiger partial charge in [-0.1, -0.05) is 48.5 Å². The third kappa shape index (κ3) is 5.05. The minimum absolute atomic E-state index is 0.230. The van der Waals surface area contributed by atoms with Crippen LogP contribution in [0, 0.1) is 0 Å². The van der Waals surface area contributed by atoms with E-state index in [4.69, 9.17) is 4.74 Å². The maximum atomic E-state index is 10.1. The highest BCUT2D eigenvalue weighted by molar-refractivity contribution is 5.33. The molecule has 2 unspecified atom stereocenters. The Morgan fingerprint density at radius 3 is 2.68 bits per heavy atom. The molecule has 1 saturated heterocycles. The number of benzene rings is 2. The predicted octanol–water partition coefficient (Wildman–Crippen LogP) is 2.81. The summed E-state index contributed by atoms with van der Waals surface area (Å²) in [4.78, 5) is 2.38. The quantitative estimate of drug-likeness (QED) is 0.776. The van der Waals surface area contributed by atoms with Crippen molar-refractivity contribution < 1.29 is 9.84 Å². The van der Waals surface area contributed by atoms with Crippen LogP contribution in [-0.2, 0) is 13.1 Å². The van der Waals surface area contributed by atoms with E-state index in [1.54, 1.807) is 0 Å². The summed E-state index contributed by atoms with van der Waals surface area (Å²) in [6, 6.07) is 19.0. The van der Waals surface area contributed by atoms with Gasteiger partial charge in [-0.3, -0.25) is 4.90 Å². The average Bonchev–Trinajstić information content (AvgIpc) is 2.97. The number of likely N-dealkylation sites (tertiary alicyclic amines) is 1. The number of rotatable bonds is 8. The summed E-state index contributed by atoms with van der Waals surface area (Å²) >= 11 is 0. The zero-order valence-electron chi connectivity index (χ0n) is 14.9. The smallest absolute Gasteiger partial charge is 0.123 e. The van der Waals surface area contributed by atoms with Crippen molar-refractivity contribution in [3.8, 4) is 5.75 Å². The number of nitrogens with zero attached hydrogens (tertiary/aromatic N) is 1. The second-order valence-electron chi connectivity index (χ2n) is 6.63. The molecule has 0 aliphatic carbocycles. The molecule has 0 spiro atoms. The van der Waals surface area contributed by atoms with Gasteiger partial charge in [-0.05, 0) is 25.0 Å². The largest absolute Gasteiger partial charge is 0.494 e. The van der Waals surface area contributed by atoms with Crippen LogP contribution in [-0.4, -0.2) is 41.8 Å². The summed E-state index contributed by atoms with van der Waals surface area (Å²) in [7, 11) is 0. The Balaban J connectivity index is 1.54. The lowest BCUT2D eigenvalue weighted by Gasteiger charge is -2.24. The molecule has 1 aliphatic rings. The summed E-state index contributed by atoms with van der Waals surface area (Å²) in [5.74, 6) is 0.949. The Morgan fingerprint density at radius 1 is 1.12 bits per heavy atom. The zero-order valence-corrected chi connectivity index (χ0v) is 14.9. The first-order chi connectivity index (χ1) is 12.3. The van der Waals surface area contributed by atoms with E-state index in [9.17, 15) is 5.11 Å². The van der Waals surface area contributed by atoms with Crippen LogP contribution in [0.1, 0.15) is 24.5 Å². The maximum Gasteiger partial charge on any atom is 0.123 e. The van der Waals surface area contributed by atoms with E-state index in [2.05, 4.69) is 40.5 Å². The van der Waals surface area contributed by atoms with Crippen molar-refractivity contribution in [1.29, 1.82) is 0 Å². The number of β-amino-alcohol motifs (C(OH)–C–C–N with tert-alkyl or cyclic N) is 1. The lowest BCUT2D eigenvalue weighted by atomic mass is 10.1. The van der Waals surface area contributed by atoms with Crippen LogP contribution in [0.4, 0.5) is 0 Å². The fourth-order valence-electron chi connectivity index (χ4n) is 3.50. The van der Waals surface area contributed by atoms with E-state index in [1.165, 1.54) is 11.1 Å². The Hall–Kier alpha value is -1.88. The molecule has 4 nitrogen and oxygen atoms in total. The maximum absolute atomic E-state index is 10.1. The summed E-state index contributed by atoms with van der Waals surface area (Å²) in [6.45, 7) is 5.96. The first-order valence-corrected chi connectivity index (χ1v) is 9.13. The van der Waals surface area contributed by atoms with Crippen molar-refractivity contribution in [2.75, 3.05) is 19.7 Å². The molecule has 1 heterocycles. The van der Waals surface area contributed by atoms with Gasteiger partial charge in [0.05, 0.1) is 12.7 Å². The molecule has 25 heavy (non-hydrogen) atoms. The van der Waals surface area contributed by atoms with Gasteiger partial charge in [0.25, 0.3) is 0 Å². The topological polar surface area (TPSA) is 44.7 Å². The zero-order chi connectivity index (χ0) is 17.5. The number of nitrogens with one attached hydrogen (secondary N) is 1. The first-order valence-electron chi connectivity index (χ1n) is 9.13. The second-order valence-corrected chi connectivity index (χ2v) is 6.63. The van der Waals surface area contributed by atoms with Gasteiger partial charge in [-0.25, -0.2) is 0 Å². The second kappa shape index (κ2) is 8.99. The normalized spacial score (nSPS) is 20.7. The molecule has 0 radical (unpaired) electrons. The molecule has 0 amide bonds. The molecule has 1 aliphatic heterocycles. The van der Waals surface area contributed by atoms with E-state index >= 15 is 0 Å². The van der Waals surface area contributed by atoms with Crippen LogP contribution in [0.5, 0.6) is 5.75 Å². The predicted molar refractivity (Wildman–Crippen MR) is 101 cm³/mol. The molecule has 0 saturated carbocycles. The standard InChI is InChI=1S/C21H28N2O2/c1-2-25-21-11-7-6-10-18(21)13-22-14-19-12-20(24)16-23(19)15-17-8-4-3-5-9-17/h3-11,19-20,22,24H,2,12-16H2,1H3. The van der Waals surface area contributed by atoms with Crippen molar-refractivity contribution in [3.05, 3.63) is 65.7 Å². The van der Waals surface area contributed by atoms with Gasteiger partial charge in [0.2, 0.25) is 0 Å². The van der Waals surface area contributed by atoms with Crippen molar-refractivity contribution in [1.82, 2.24) is 10.2 Å². The molecule has 2 aromatic rings. The van der Waals surface area contributed by atoms with Gasteiger partial charge in [0.15, 0.2) is 0 Å². The number of hydrogen-bond donors (Lipinski definition) is 2. The van der Waals surface area contributed by atoms with Gasteiger partial charge in [-0.15, -0.1) is 0 Å². The fourth-order valence-corrected chi connectivity index (χ4v) is 3.50. The van der Waals surface area contributed by atoms with E-state index in [1.807, 2.05) is 31.2 Å². The molecule has 134 valence electrons. The number of aliphatic hydroxyl groups is 1. The molecule has 2 aromatic carbocycles. The van der Waals surface area contributed by atoms with Gasteiger partial charge in [0.1, 0.15) is 5.75 Å². The summed E-state index contributed by atoms with van der Waals surface area (Å²) in [5, 5.41) is 13.6. The highest BCUT2D eigenvalue weighted by Crippen LogP contribution is 2.21. The monoisotopic (exact) mass is 340 g/mol. The van der Waals surface area contributed by atoms with Crippen molar-refractivity contribution in [2.24, 2.45) is 0 Å². The summed E-state index contributed by atoms with van der Waals surface area (Å²) < 4.78 is 5.69. The van der Waals surface area contributed by atoms with Crippen LogP contribution in [0.15, 0.2) is 54.6 Å². The molecule has 1 fully saturated rings. The minimum atomic E-state index is -0.230. The van der Waals surface area contributed by atoms with Crippen LogP contribution < -0.4 is 10.1 Å². The summed E-state index contributed by atoms with van der Waals surface area (Å²) in [6.07, 6.45) is 0.596. The molecule has 2 atom stereocenters. The number of aliphatic hydroxyl groups excluding tert-OH is 1. The van der Waals surface area contributed by atoms with Gasteiger partial charge in [-0.2, -0.15) is 0 Å². The van der Waals surface area contributed by atoms with Gasteiger partial charge in [0, 0.05) is 37.8 Å². The Kier molecular flexibility index (Phi) is 6.45. The van der Waals surface area contributed by atoms with Crippen LogP contribution >= 0.6 is 0 Å². The molecule has 0 bridgehead atoms. The molecule has 3 rings (SSSR count). The van der Waals surface area contributed by atoms with Gasteiger partial charge >= 0.3 is 0 Å². The number of ether oxygens (including phenoxy) is 1. The Morgan fingerprint density at radius 2 is 1.88 bits per heavy atom. The van der Waals surface area contributed by atoms with E-state index in [-0.39, 0.29) is 6.10 Å². The van der Waals surface area contributed by atoms with E-state index < -0.39 is 0 Å². The number of para-hydroxylation sites is 1. The molecule has 0 aromatic heterocycles. The molecular formula is C21H28N2O2. The third-order valence-corrected chi connectivity index (χ3v) is 4.70. The lowest BCUT2D eigenvalue weighted by molar-refractivity contribution is 0.172. The highest BCUT2D eigenvalue weighted by Gasteiger charge is 2.30. The fraction of sp³-hybridized carbons (Fsp3) is 0.429. The highest BCUT2D eigenvalue weighted by atomic mass is 16.5. The SMILES string of the molecule is CCOc1ccccc1CNCC1CC(O)CN1Cc1ccccc1. The first kappa shape index (κ1) is 17.9. The van der Waals surface area contributed by atoms with Crippen molar-refractivity contribution in [2.45, 2.75) is 38.6 Å². The summed E-state index contributed by atoms with van der Waals surface area (Å²) in [5.41, 5.74) is 2.47. The van der Waals surface area contributed by atoms with E-state index in [0.29, 0.717) is 12.6 Å². The Bertz CT molecular complexity index is 647. The minimum Gasteiger partial charge on any atom is -0.494 e. The third-order valence-electron chi connectivity index (χ3n) is 4.70. The molecule has 2 N–H and O–H groups in total. The van der Waals surface area contributed by atoms with Crippen molar-refractivity contribution in [3.63, 3.8) is 0 Å². The molecular weight excluding hydrogens is 312 g/mol. The average molecular weight is 340 g/mol. The van der Waals surface area contributed by atoms with Crippen molar-refractivity contribution >= 4 is 0 Å². The molecule has 4 heteroatoms. The number of hydrogen-bond acceptors (Lipinski definition) is 4. The van der Waals surface area contributed by atoms with Gasteiger partial charge < -0.3 is 15.2 Å². The Labute approximate surface area is 150 Å². The lowest BCUT2D eigenvalue weighted by Crippen LogP contribution is -2.37. The van der Waals surface area contributed by atoms with Crippen LogP contribution in [0.2, 0.25) is 0 Å². The van der Waals surface area contributed by atoms with Crippen LogP contribution in [0.25, 0.3) is 0 Å².